The Morgan fingerprint density at radius 2 is 1.21 bits per heavy atom. The average Bonchev–Trinajstić information content (AvgIpc) is 2.98. The fourth-order valence-electron chi connectivity index (χ4n) is 5.10. The van der Waals surface area contributed by atoms with E-state index in [0.29, 0.717) is 0 Å². The predicted molar refractivity (Wildman–Crippen MR) is 168 cm³/mol. The van der Waals surface area contributed by atoms with Crippen LogP contribution in [0.25, 0.3) is 0 Å². The number of allylic oxidation sites excluding steroid dienone is 6. The first-order valence-electron chi connectivity index (χ1n) is 15.6. The van der Waals surface area contributed by atoms with Crippen LogP contribution in [0, 0.1) is 0 Å². The molecule has 3 nitrogen and oxygen atoms in total. The lowest BCUT2D eigenvalue weighted by atomic mass is 10.1. The molecule has 0 N–H and O–H groups in total. The van der Waals surface area contributed by atoms with Gasteiger partial charge in [-0.1, -0.05) is 68.2 Å². The quantitative estimate of drug-likeness (QED) is 0.120. The molecule has 39 heavy (non-hydrogen) atoms. The highest BCUT2D eigenvalue weighted by molar-refractivity contribution is 5.21. The van der Waals surface area contributed by atoms with Crippen molar-refractivity contribution < 1.29 is 0 Å². The molecule has 3 heteroatoms. The van der Waals surface area contributed by atoms with Crippen LogP contribution in [0.2, 0.25) is 0 Å². The minimum Gasteiger partial charge on any atom is -0.373 e. The number of aromatic nitrogens is 2. The molecule has 0 aromatic carbocycles. The molecule has 3 rings (SSSR count). The molecule has 0 radical (unpaired) electrons. The van der Waals surface area contributed by atoms with Crippen molar-refractivity contribution in [1.29, 1.82) is 0 Å². The van der Waals surface area contributed by atoms with Gasteiger partial charge in [0.2, 0.25) is 0 Å². The van der Waals surface area contributed by atoms with Gasteiger partial charge in [-0.05, 0) is 118 Å². The smallest absolute Gasteiger partial charge is 0.0389 e. The zero-order valence-corrected chi connectivity index (χ0v) is 24.2. The van der Waals surface area contributed by atoms with Crippen molar-refractivity contribution in [3.63, 3.8) is 0 Å². The lowest BCUT2D eigenvalue weighted by molar-refractivity contribution is 0.387. The van der Waals surface area contributed by atoms with E-state index in [4.69, 9.17) is 0 Å². The predicted octanol–water partition coefficient (Wildman–Crippen LogP) is 9.59. The Kier molecular flexibility index (Phi) is 16.4. The van der Waals surface area contributed by atoms with Crippen LogP contribution in [0.5, 0.6) is 0 Å². The van der Waals surface area contributed by atoms with Crippen LogP contribution >= 0.6 is 0 Å². The highest BCUT2D eigenvalue weighted by atomic mass is 15.1. The molecule has 1 aliphatic rings. The largest absolute Gasteiger partial charge is 0.373 e. The lowest BCUT2D eigenvalue weighted by Gasteiger charge is -2.24. The molecular weight excluding hydrogens is 474 g/mol. The van der Waals surface area contributed by atoms with Crippen molar-refractivity contribution in [2.45, 2.75) is 103 Å². The number of rotatable bonds is 21. The van der Waals surface area contributed by atoms with Crippen molar-refractivity contribution in [1.82, 2.24) is 14.9 Å². The molecule has 2 aromatic heterocycles. The molecule has 0 atom stereocenters. The number of hydrogen-bond donors (Lipinski definition) is 0. The first-order chi connectivity index (χ1) is 19.4. The van der Waals surface area contributed by atoms with Crippen LogP contribution in [0.3, 0.4) is 0 Å². The average molecular weight is 526 g/mol. The first-order valence-corrected chi connectivity index (χ1v) is 15.6. The molecule has 210 valence electrons. The zero-order valence-electron chi connectivity index (χ0n) is 24.2. The monoisotopic (exact) mass is 525 g/mol. The molecule has 0 spiro atoms. The van der Waals surface area contributed by atoms with Crippen molar-refractivity contribution in [3.05, 3.63) is 108 Å². The van der Waals surface area contributed by atoms with Gasteiger partial charge in [-0.3, -0.25) is 9.97 Å². The van der Waals surface area contributed by atoms with E-state index in [9.17, 15) is 0 Å². The van der Waals surface area contributed by atoms with Gasteiger partial charge in [0, 0.05) is 37.9 Å². The number of aryl methyl sites for hydroxylation is 2. The summed E-state index contributed by atoms with van der Waals surface area (Å²) < 4.78 is 0. The van der Waals surface area contributed by atoms with E-state index in [1.807, 2.05) is 36.9 Å². The number of nitrogens with zero attached hydrogens (tertiary/aromatic N) is 3. The Bertz CT molecular complexity index is 975. The summed E-state index contributed by atoms with van der Waals surface area (Å²) in [5.74, 6) is 0. The highest BCUT2D eigenvalue weighted by Gasteiger charge is 2.06. The topological polar surface area (TPSA) is 29.0 Å². The fourth-order valence-corrected chi connectivity index (χ4v) is 5.10. The van der Waals surface area contributed by atoms with Crippen LogP contribution in [0.1, 0.15) is 101 Å². The third-order valence-electron chi connectivity index (χ3n) is 7.43. The summed E-state index contributed by atoms with van der Waals surface area (Å²) in [4.78, 5) is 10.9. The van der Waals surface area contributed by atoms with Crippen molar-refractivity contribution in [2.24, 2.45) is 0 Å². The van der Waals surface area contributed by atoms with Crippen LogP contribution in [0.4, 0.5) is 0 Å². The highest BCUT2D eigenvalue weighted by Crippen LogP contribution is 2.14. The Balaban J connectivity index is 1.09. The Labute approximate surface area is 238 Å². The van der Waals surface area contributed by atoms with E-state index >= 15 is 0 Å². The minimum atomic E-state index is 1.09. The molecule has 0 unspecified atom stereocenters. The standard InChI is InChI=1S/C36H51N3/c1(3-6-10-14-21-34-24-18-27-37-31-34)2-4-9-13-17-29-39-30-20-26-36(33-39)23-16-12-8-5-7-11-15-22-35-25-19-28-38-32-35/h2,4,12,16,18-20,24-28,30-32H,1,3,5-11,13-15,17,21-23,29,33H2. The van der Waals surface area contributed by atoms with E-state index in [1.165, 1.54) is 113 Å². The van der Waals surface area contributed by atoms with Crippen LogP contribution < -0.4 is 0 Å². The molecule has 0 saturated heterocycles. The third kappa shape index (κ3) is 15.3. The molecule has 3 heterocycles. The van der Waals surface area contributed by atoms with Crippen molar-refractivity contribution in [3.8, 4) is 0 Å². The van der Waals surface area contributed by atoms with E-state index < -0.39 is 0 Å². The van der Waals surface area contributed by atoms with E-state index in [0.717, 1.165) is 19.4 Å². The summed E-state index contributed by atoms with van der Waals surface area (Å²) in [6, 6.07) is 8.43. The van der Waals surface area contributed by atoms with Crippen LogP contribution in [0.15, 0.2) is 97.3 Å². The summed E-state index contributed by atoms with van der Waals surface area (Å²) >= 11 is 0. The van der Waals surface area contributed by atoms with E-state index in [-0.39, 0.29) is 0 Å². The second-order valence-electron chi connectivity index (χ2n) is 10.9. The maximum Gasteiger partial charge on any atom is 0.0389 e. The van der Waals surface area contributed by atoms with Gasteiger partial charge in [0.05, 0.1) is 0 Å². The van der Waals surface area contributed by atoms with Gasteiger partial charge in [0.25, 0.3) is 0 Å². The maximum absolute atomic E-state index is 4.20. The van der Waals surface area contributed by atoms with E-state index in [2.05, 4.69) is 69.7 Å². The zero-order chi connectivity index (χ0) is 27.1. The number of unbranched alkanes of at least 4 members (excludes halogenated alkanes) is 10. The first kappa shape index (κ1) is 30.6. The molecule has 0 aliphatic carbocycles. The van der Waals surface area contributed by atoms with Crippen molar-refractivity contribution in [2.75, 3.05) is 13.1 Å². The fraction of sp³-hybridized carbons (Fsp3) is 0.500. The summed E-state index contributed by atoms with van der Waals surface area (Å²) in [5.41, 5.74) is 4.26. The molecule has 0 fully saturated rings. The number of hydrogen-bond acceptors (Lipinski definition) is 3. The molecular formula is C36H51N3. The van der Waals surface area contributed by atoms with Crippen LogP contribution in [-0.2, 0) is 12.8 Å². The Morgan fingerprint density at radius 1 is 0.641 bits per heavy atom. The second-order valence-corrected chi connectivity index (χ2v) is 10.9. The summed E-state index contributed by atoms with van der Waals surface area (Å²) in [7, 11) is 0. The molecule has 2 aromatic rings. The van der Waals surface area contributed by atoms with Gasteiger partial charge >= 0.3 is 0 Å². The third-order valence-corrected chi connectivity index (χ3v) is 7.43. The van der Waals surface area contributed by atoms with Crippen LogP contribution in [-0.4, -0.2) is 28.0 Å². The van der Waals surface area contributed by atoms with Gasteiger partial charge in [-0.2, -0.15) is 0 Å². The van der Waals surface area contributed by atoms with Gasteiger partial charge in [0.15, 0.2) is 0 Å². The van der Waals surface area contributed by atoms with E-state index in [1.54, 1.807) is 0 Å². The summed E-state index contributed by atoms with van der Waals surface area (Å²) in [6.45, 7) is 2.26. The SMILES string of the molecule is C1=CN(CCCCC=CCCCCCCc2cccnc2)CC(CC=CCCCCCCc2cccnc2)=C1. The summed E-state index contributed by atoms with van der Waals surface area (Å²) in [5, 5.41) is 0. The second kappa shape index (κ2) is 21.0. The molecule has 0 saturated carbocycles. The maximum atomic E-state index is 4.20. The molecule has 0 amide bonds. The Morgan fingerprint density at radius 3 is 1.79 bits per heavy atom. The van der Waals surface area contributed by atoms with Gasteiger partial charge in [-0.15, -0.1) is 0 Å². The lowest BCUT2D eigenvalue weighted by Crippen LogP contribution is -2.23. The minimum absolute atomic E-state index is 1.09. The van der Waals surface area contributed by atoms with Crippen molar-refractivity contribution >= 4 is 0 Å². The normalized spacial score (nSPS) is 13.5. The number of pyridine rings is 2. The van der Waals surface area contributed by atoms with Gasteiger partial charge < -0.3 is 4.90 Å². The van der Waals surface area contributed by atoms with Gasteiger partial charge in [0.1, 0.15) is 0 Å². The molecule has 0 bridgehead atoms. The van der Waals surface area contributed by atoms with Gasteiger partial charge in [-0.25, -0.2) is 0 Å². The Hall–Kier alpha value is -2.94. The molecule has 1 aliphatic heterocycles. The summed E-state index contributed by atoms with van der Waals surface area (Å²) in [6.07, 6.45) is 44.2.